The maximum absolute atomic E-state index is 6.01. The molecule has 0 unspecified atom stereocenters. The van der Waals surface area contributed by atoms with Gasteiger partial charge < -0.3 is 0 Å². The molecule has 0 fully saturated rings. The van der Waals surface area contributed by atoms with E-state index < -0.39 is 0 Å². The van der Waals surface area contributed by atoms with Crippen LogP contribution in [0.1, 0.15) is 11.1 Å². The van der Waals surface area contributed by atoms with Gasteiger partial charge in [-0.25, -0.2) is 0 Å². The van der Waals surface area contributed by atoms with Crippen LogP contribution in [0.25, 0.3) is 0 Å². The van der Waals surface area contributed by atoms with E-state index in [1.807, 2.05) is 12.1 Å². The van der Waals surface area contributed by atoms with E-state index in [1.165, 1.54) is 5.56 Å². The van der Waals surface area contributed by atoms with Crippen molar-refractivity contribution in [2.45, 2.75) is 10.7 Å². The van der Waals surface area contributed by atoms with E-state index in [0.29, 0.717) is 0 Å². The van der Waals surface area contributed by atoms with Crippen LogP contribution >= 0.6 is 59.4 Å². The maximum Gasteiger partial charge on any atom is 0.0450 e. The zero-order chi connectivity index (χ0) is 9.14. The molecule has 0 N–H and O–H groups in total. The number of benzene rings is 1. The first-order chi connectivity index (χ1) is 5.69. The molecule has 0 nitrogen and oxygen atoms in total. The van der Waals surface area contributed by atoms with E-state index in [-0.39, 0.29) is 0 Å². The van der Waals surface area contributed by atoms with Gasteiger partial charge in [0.15, 0.2) is 0 Å². The second kappa shape index (κ2) is 4.99. The quantitative estimate of drug-likeness (QED) is 0.644. The van der Waals surface area contributed by atoms with Crippen molar-refractivity contribution in [2.24, 2.45) is 0 Å². The molecule has 4 heteroatoms. The van der Waals surface area contributed by atoms with Crippen molar-refractivity contribution in [3.05, 3.63) is 32.8 Å². The van der Waals surface area contributed by atoms with Crippen LogP contribution in [0, 0.1) is 0 Å². The molecule has 66 valence electrons. The molecule has 0 spiro atoms. The van der Waals surface area contributed by atoms with Crippen molar-refractivity contribution in [3.8, 4) is 0 Å². The normalized spacial score (nSPS) is 10.3. The molecule has 0 saturated heterocycles. The average molecular weight is 377 g/mol. The summed E-state index contributed by atoms with van der Waals surface area (Å²) in [5.41, 5.74) is 2.28. The van der Waals surface area contributed by atoms with Crippen molar-refractivity contribution in [2.75, 3.05) is 0 Å². The Hall–Kier alpha value is 0.950. The third kappa shape index (κ3) is 2.47. The molecule has 1 rings (SSSR count). The van der Waals surface area contributed by atoms with Gasteiger partial charge in [-0.15, -0.1) is 0 Å². The van der Waals surface area contributed by atoms with Crippen LogP contribution in [0.5, 0.6) is 0 Å². The van der Waals surface area contributed by atoms with Crippen molar-refractivity contribution in [3.63, 3.8) is 0 Å². The van der Waals surface area contributed by atoms with Crippen molar-refractivity contribution < 1.29 is 0 Å². The second-order valence-corrected chi connectivity index (χ2v) is 4.69. The lowest BCUT2D eigenvalue weighted by Gasteiger charge is -2.05. The molecule has 0 aliphatic heterocycles. The zero-order valence-corrected chi connectivity index (χ0v) is 11.6. The Balaban J connectivity index is 3.16. The topological polar surface area (TPSA) is 0 Å². The molecule has 1 aromatic rings. The van der Waals surface area contributed by atoms with E-state index in [2.05, 4.69) is 47.8 Å². The highest BCUT2D eigenvalue weighted by Crippen LogP contribution is 2.28. The predicted molar refractivity (Wildman–Crippen MR) is 64.4 cm³/mol. The lowest BCUT2D eigenvalue weighted by molar-refractivity contribution is 1.33. The minimum atomic E-state index is 0.785. The lowest BCUT2D eigenvalue weighted by atomic mass is 10.2. The van der Waals surface area contributed by atoms with Gasteiger partial charge in [0.25, 0.3) is 0 Å². The Bertz CT molecular complexity index is 256. The SMILES string of the molecule is Clc1cc(CBr)c(Br)cc1CBr. The van der Waals surface area contributed by atoms with Gasteiger partial charge in [-0.1, -0.05) is 59.4 Å². The highest BCUT2D eigenvalue weighted by molar-refractivity contribution is 9.10. The van der Waals surface area contributed by atoms with Crippen LogP contribution in [-0.4, -0.2) is 0 Å². The third-order valence-electron chi connectivity index (χ3n) is 1.50. The standard InChI is InChI=1S/C8H6Br3Cl/c9-3-5-2-8(12)6(4-10)1-7(5)11/h1-2H,3-4H2. The van der Waals surface area contributed by atoms with E-state index in [9.17, 15) is 0 Å². The Morgan fingerprint density at radius 2 is 1.67 bits per heavy atom. The molecule has 0 aliphatic carbocycles. The Kier molecular flexibility index (Phi) is 4.58. The Morgan fingerprint density at radius 3 is 2.17 bits per heavy atom. The van der Waals surface area contributed by atoms with Crippen LogP contribution in [0.3, 0.4) is 0 Å². The lowest BCUT2D eigenvalue weighted by Crippen LogP contribution is -1.86. The molecule has 0 radical (unpaired) electrons. The summed E-state index contributed by atoms with van der Waals surface area (Å²) in [6, 6.07) is 4.00. The minimum Gasteiger partial charge on any atom is -0.0876 e. The third-order valence-corrected chi connectivity index (χ3v) is 3.80. The van der Waals surface area contributed by atoms with Crippen LogP contribution in [0.2, 0.25) is 5.02 Å². The first-order valence-corrected chi connectivity index (χ1v) is 6.69. The van der Waals surface area contributed by atoms with Gasteiger partial charge in [0.1, 0.15) is 0 Å². The van der Waals surface area contributed by atoms with E-state index in [0.717, 1.165) is 25.7 Å². The van der Waals surface area contributed by atoms with Gasteiger partial charge in [-0.3, -0.25) is 0 Å². The summed E-state index contributed by atoms with van der Waals surface area (Å²) < 4.78 is 1.10. The fourth-order valence-corrected chi connectivity index (χ4v) is 3.08. The molecule has 0 amide bonds. The minimum absolute atomic E-state index is 0.785. The largest absolute Gasteiger partial charge is 0.0876 e. The number of rotatable bonds is 2. The van der Waals surface area contributed by atoms with Gasteiger partial charge in [0.05, 0.1) is 0 Å². The first kappa shape index (κ1) is 11.0. The molecule has 12 heavy (non-hydrogen) atoms. The number of halogens is 4. The van der Waals surface area contributed by atoms with Gasteiger partial charge in [0.2, 0.25) is 0 Å². The van der Waals surface area contributed by atoms with Crippen molar-refractivity contribution >= 4 is 59.4 Å². The summed E-state index contributed by atoms with van der Waals surface area (Å²) in [6.45, 7) is 0. The molecule has 0 aliphatic rings. The molecule has 1 aromatic carbocycles. The highest BCUT2D eigenvalue weighted by Gasteiger charge is 2.04. The molecule has 0 aromatic heterocycles. The van der Waals surface area contributed by atoms with Gasteiger partial charge >= 0.3 is 0 Å². The molecule has 0 heterocycles. The summed E-state index contributed by atoms with van der Waals surface area (Å²) in [5.74, 6) is 0. The van der Waals surface area contributed by atoms with Crippen LogP contribution in [-0.2, 0) is 10.7 Å². The summed E-state index contributed by atoms with van der Waals surface area (Å²) in [6.07, 6.45) is 0. The van der Waals surface area contributed by atoms with Gasteiger partial charge in [-0.05, 0) is 23.3 Å². The molecule has 0 saturated carbocycles. The van der Waals surface area contributed by atoms with Crippen LogP contribution in [0.4, 0.5) is 0 Å². The molecular formula is C8H6Br3Cl. The fourth-order valence-electron chi connectivity index (χ4n) is 0.834. The fraction of sp³-hybridized carbons (Fsp3) is 0.250. The molecular weight excluding hydrogens is 371 g/mol. The number of alkyl halides is 2. The maximum atomic E-state index is 6.01. The van der Waals surface area contributed by atoms with E-state index in [4.69, 9.17) is 11.6 Å². The smallest absolute Gasteiger partial charge is 0.0450 e. The predicted octanol–water partition coefficient (Wildman–Crippen LogP) is 4.89. The first-order valence-electron chi connectivity index (χ1n) is 3.27. The van der Waals surface area contributed by atoms with Gasteiger partial charge in [0, 0.05) is 20.2 Å². The summed E-state index contributed by atoms with van der Waals surface area (Å²) in [4.78, 5) is 0. The average Bonchev–Trinajstić information content (AvgIpc) is 2.08. The van der Waals surface area contributed by atoms with Crippen LogP contribution < -0.4 is 0 Å². The highest BCUT2D eigenvalue weighted by atomic mass is 79.9. The van der Waals surface area contributed by atoms with E-state index >= 15 is 0 Å². The Labute approximate surface area is 102 Å². The molecule has 0 atom stereocenters. The van der Waals surface area contributed by atoms with E-state index in [1.54, 1.807) is 0 Å². The monoisotopic (exact) mass is 374 g/mol. The number of hydrogen-bond acceptors (Lipinski definition) is 0. The zero-order valence-electron chi connectivity index (χ0n) is 6.08. The van der Waals surface area contributed by atoms with Crippen LogP contribution in [0.15, 0.2) is 16.6 Å². The molecule has 0 bridgehead atoms. The summed E-state index contributed by atoms with van der Waals surface area (Å²) in [5, 5.41) is 2.41. The summed E-state index contributed by atoms with van der Waals surface area (Å²) in [7, 11) is 0. The second-order valence-electron chi connectivity index (χ2n) is 2.30. The Morgan fingerprint density at radius 1 is 1.08 bits per heavy atom. The summed E-state index contributed by atoms with van der Waals surface area (Å²) >= 11 is 16.2. The van der Waals surface area contributed by atoms with Gasteiger partial charge in [-0.2, -0.15) is 0 Å². The van der Waals surface area contributed by atoms with Crippen molar-refractivity contribution in [1.29, 1.82) is 0 Å². The number of hydrogen-bond donors (Lipinski definition) is 0. The van der Waals surface area contributed by atoms with Crippen molar-refractivity contribution in [1.82, 2.24) is 0 Å².